The lowest BCUT2D eigenvalue weighted by Crippen LogP contribution is -2.41. The summed E-state index contributed by atoms with van der Waals surface area (Å²) in [5.74, 6) is -0.785. The van der Waals surface area contributed by atoms with E-state index in [1.54, 1.807) is 6.08 Å². The lowest BCUT2D eigenvalue weighted by molar-refractivity contribution is -0.147. The van der Waals surface area contributed by atoms with E-state index in [1.807, 2.05) is 36.4 Å². The van der Waals surface area contributed by atoms with Gasteiger partial charge in [0.1, 0.15) is 13.2 Å². The van der Waals surface area contributed by atoms with Crippen LogP contribution in [-0.2, 0) is 14.3 Å². The molecule has 1 aliphatic rings. The minimum Gasteiger partial charge on any atom is -0.461 e. The molecule has 132 valence electrons. The SMILES string of the molecule is C=CCOC(=O)[C@@H]1CC(=C)C[C@@H]1NC(=O)OCC=Cc1ccccc1. The van der Waals surface area contributed by atoms with Crippen LogP contribution in [0.4, 0.5) is 4.79 Å². The highest BCUT2D eigenvalue weighted by atomic mass is 16.5. The van der Waals surface area contributed by atoms with E-state index in [1.165, 1.54) is 6.08 Å². The fraction of sp³-hybridized carbons (Fsp3) is 0.300. The Labute approximate surface area is 148 Å². The standard InChI is InChI=1S/C20H23NO4/c1-3-11-24-19(22)17-13-15(2)14-18(17)21-20(23)25-12-7-10-16-8-5-4-6-9-16/h3-10,17-18H,1-2,11-14H2,(H,21,23)/t17-,18+/m1/s1. The average molecular weight is 341 g/mol. The van der Waals surface area contributed by atoms with Gasteiger partial charge in [-0.3, -0.25) is 4.79 Å². The van der Waals surface area contributed by atoms with E-state index in [-0.39, 0.29) is 25.2 Å². The molecular formula is C20H23NO4. The van der Waals surface area contributed by atoms with Crippen LogP contribution >= 0.6 is 0 Å². The van der Waals surface area contributed by atoms with Crippen LogP contribution in [0.1, 0.15) is 18.4 Å². The van der Waals surface area contributed by atoms with Crippen molar-refractivity contribution in [1.29, 1.82) is 0 Å². The van der Waals surface area contributed by atoms with Gasteiger partial charge in [-0.05, 0) is 24.5 Å². The maximum Gasteiger partial charge on any atom is 0.407 e. The third-order valence-corrected chi connectivity index (χ3v) is 3.87. The molecule has 5 nitrogen and oxygen atoms in total. The summed E-state index contributed by atoms with van der Waals surface area (Å²) < 4.78 is 10.2. The van der Waals surface area contributed by atoms with Crippen LogP contribution in [-0.4, -0.2) is 31.3 Å². The van der Waals surface area contributed by atoms with E-state index in [0.29, 0.717) is 12.8 Å². The molecule has 1 amide bonds. The quantitative estimate of drug-likeness (QED) is 0.609. The molecule has 1 aromatic carbocycles. The zero-order valence-electron chi connectivity index (χ0n) is 14.1. The lowest BCUT2D eigenvalue weighted by Gasteiger charge is -2.18. The van der Waals surface area contributed by atoms with Crippen LogP contribution < -0.4 is 5.32 Å². The van der Waals surface area contributed by atoms with Crippen LogP contribution in [0.15, 0.2) is 61.2 Å². The van der Waals surface area contributed by atoms with Crippen molar-refractivity contribution in [2.24, 2.45) is 5.92 Å². The second-order valence-corrected chi connectivity index (χ2v) is 5.85. The summed E-state index contributed by atoms with van der Waals surface area (Å²) in [6.45, 7) is 7.73. The first-order valence-electron chi connectivity index (χ1n) is 8.19. The van der Waals surface area contributed by atoms with Crippen molar-refractivity contribution < 1.29 is 19.1 Å². The smallest absolute Gasteiger partial charge is 0.407 e. The molecule has 5 heteroatoms. The number of carbonyl (C=O) groups is 2. The average Bonchev–Trinajstić information content (AvgIpc) is 2.98. The number of amides is 1. The third kappa shape index (κ3) is 5.95. The van der Waals surface area contributed by atoms with E-state index in [0.717, 1.165) is 11.1 Å². The Morgan fingerprint density at radius 2 is 1.92 bits per heavy atom. The van der Waals surface area contributed by atoms with E-state index < -0.39 is 12.0 Å². The van der Waals surface area contributed by atoms with Crippen molar-refractivity contribution >= 4 is 18.1 Å². The number of ether oxygens (including phenoxy) is 2. The van der Waals surface area contributed by atoms with Crippen molar-refractivity contribution in [3.8, 4) is 0 Å². The monoisotopic (exact) mass is 341 g/mol. The number of rotatable bonds is 7. The first-order chi connectivity index (χ1) is 12.1. The van der Waals surface area contributed by atoms with Crippen molar-refractivity contribution in [2.75, 3.05) is 13.2 Å². The number of hydrogen-bond donors (Lipinski definition) is 1. The topological polar surface area (TPSA) is 64.6 Å². The van der Waals surface area contributed by atoms with Gasteiger partial charge in [0, 0.05) is 6.04 Å². The number of alkyl carbamates (subject to hydrolysis) is 1. The summed E-state index contributed by atoms with van der Waals surface area (Å²) in [7, 11) is 0. The number of benzene rings is 1. The van der Waals surface area contributed by atoms with Crippen LogP contribution in [0, 0.1) is 5.92 Å². The van der Waals surface area contributed by atoms with Crippen molar-refractivity contribution in [3.63, 3.8) is 0 Å². The second-order valence-electron chi connectivity index (χ2n) is 5.85. The zero-order chi connectivity index (χ0) is 18.1. The molecule has 0 heterocycles. The van der Waals surface area contributed by atoms with E-state index >= 15 is 0 Å². The summed E-state index contributed by atoms with van der Waals surface area (Å²) >= 11 is 0. The molecule has 0 aromatic heterocycles. The highest BCUT2D eigenvalue weighted by Gasteiger charge is 2.37. The molecule has 2 rings (SSSR count). The van der Waals surface area contributed by atoms with Crippen molar-refractivity contribution in [2.45, 2.75) is 18.9 Å². The Hall–Kier alpha value is -2.82. The molecule has 0 saturated heterocycles. The van der Waals surface area contributed by atoms with Gasteiger partial charge in [0.25, 0.3) is 0 Å². The molecule has 1 saturated carbocycles. The van der Waals surface area contributed by atoms with E-state index in [2.05, 4.69) is 18.5 Å². The summed E-state index contributed by atoms with van der Waals surface area (Å²) in [5, 5.41) is 2.73. The molecule has 1 aliphatic carbocycles. The minimum absolute atomic E-state index is 0.153. The highest BCUT2D eigenvalue weighted by molar-refractivity contribution is 5.76. The Kier molecular flexibility index (Phi) is 7.01. The Balaban J connectivity index is 1.79. The predicted octanol–water partition coefficient (Wildman–Crippen LogP) is 3.49. The van der Waals surface area contributed by atoms with Crippen LogP contribution in [0.25, 0.3) is 6.08 Å². The number of carbonyl (C=O) groups excluding carboxylic acids is 2. The van der Waals surface area contributed by atoms with Crippen molar-refractivity contribution in [3.05, 3.63) is 66.8 Å². The Morgan fingerprint density at radius 3 is 2.64 bits per heavy atom. The van der Waals surface area contributed by atoms with E-state index in [4.69, 9.17) is 9.47 Å². The van der Waals surface area contributed by atoms with Gasteiger partial charge < -0.3 is 14.8 Å². The molecule has 2 atom stereocenters. The first-order valence-corrected chi connectivity index (χ1v) is 8.19. The van der Waals surface area contributed by atoms with Gasteiger partial charge >= 0.3 is 12.1 Å². The molecule has 0 radical (unpaired) electrons. The number of esters is 1. The molecule has 1 aromatic rings. The highest BCUT2D eigenvalue weighted by Crippen LogP contribution is 2.30. The Morgan fingerprint density at radius 1 is 1.16 bits per heavy atom. The predicted molar refractivity (Wildman–Crippen MR) is 96.8 cm³/mol. The molecular weight excluding hydrogens is 318 g/mol. The van der Waals surface area contributed by atoms with Gasteiger partial charge in [0.15, 0.2) is 0 Å². The first kappa shape index (κ1) is 18.5. The van der Waals surface area contributed by atoms with Gasteiger partial charge in [0.2, 0.25) is 0 Å². The van der Waals surface area contributed by atoms with Gasteiger partial charge in [-0.2, -0.15) is 0 Å². The van der Waals surface area contributed by atoms with Crippen LogP contribution in [0.2, 0.25) is 0 Å². The molecule has 1 N–H and O–H groups in total. The summed E-state index contributed by atoms with van der Waals surface area (Å²) in [6.07, 6.45) is 5.65. The third-order valence-electron chi connectivity index (χ3n) is 3.87. The van der Waals surface area contributed by atoms with Crippen molar-refractivity contribution in [1.82, 2.24) is 5.32 Å². The normalized spacial score (nSPS) is 19.6. The molecule has 0 spiro atoms. The van der Waals surface area contributed by atoms with Gasteiger partial charge in [-0.25, -0.2) is 4.79 Å². The molecule has 0 aliphatic heterocycles. The summed E-state index contributed by atoms with van der Waals surface area (Å²) in [6, 6.07) is 9.38. The van der Waals surface area contributed by atoms with E-state index in [9.17, 15) is 9.59 Å². The minimum atomic E-state index is -0.557. The maximum atomic E-state index is 12.0. The molecule has 25 heavy (non-hydrogen) atoms. The molecule has 0 bridgehead atoms. The fourth-order valence-electron chi connectivity index (χ4n) is 2.70. The summed E-state index contributed by atoms with van der Waals surface area (Å²) in [5.41, 5.74) is 1.94. The number of hydrogen-bond acceptors (Lipinski definition) is 4. The van der Waals surface area contributed by atoms with Gasteiger partial charge in [-0.15, -0.1) is 0 Å². The fourth-order valence-corrected chi connectivity index (χ4v) is 2.70. The Bertz CT molecular complexity index is 651. The zero-order valence-corrected chi connectivity index (χ0v) is 14.1. The summed E-state index contributed by atoms with van der Waals surface area (Å²) in [4.78, 5) is 24.0. The lowest BCUT2D eigenvalue weighted by atomic mass is 10.0. The van der Waals surface area contributed by atoms with Gasteiger partial charge in [0.05, 0.1) is 5.92 Å². The number of nitrogens with one attached hydrogen (secondary N) is 1. The van der Waals surface area contributed by atoms with Crippen LogP contribution in [0.5, 0.6) is 0 Å². The van der Waals surface area contributed by atoms with Gasteiger partial charge in [-0.1, -0.05) is 61.2 Å². The van der Waals surface area contributed by atoms with Crippen LogP contribution in [0.3, 0.4) is 0 Å². The molecule has 0 unspecified atom stereocenters. The maximum absolute atomic E-state index is 12.0. The largest absolute Gasteiger partial charge is 0.461 e. The second kappa shape index (κ2) is 9.47. The molecule has 1 fully saturated rings.